The zero-order valence-electron chi connectivity index (χ0n) is 11.8. The number of nitrogens with zero attached hydrogens (tertiary/aromatic N) is 4. The van der Waals surface area contributed by atoms with Crippen molar-refractivity contribution < 1.29 is 4.79 Å². The van der Waals surface area contributed by atoms with Crippen molar-refractivity contribution in [2.24, 2.45) is 7.05 Å². The first-order valence-electron chi connectivity index (χ1n) is 6.89. The van der Waals surface area contributed by atoms with Crippen molar-refractivity contribution in [3.8, 4) is 0 Å². The van der Waals surface area contributed by atoms with E-state index in [0.29, 0.717) is 6.42 Å². The molecule has 0 radical (unpaired) electrons. The monoisotopic (exact) mass is 273 g/mol. The molecule has 20 heavy (non-hydrogen) atoms. The van der Waals surface area contributed by atoms with Gasteiger partial charge in [0.15, 0.2) is 0 Å². The maximum Gasteiger partial charge on any atom is 0.224 e. The molecule has 0 aliphatic carbocycles. The lowest BCUT2D eigenvalue weighted by Crippen LogP contribution is -2.41. The van der Waals surface area contributed by atoms with E-state index in [9.17, 15) is 4.79 Å². The van der Waals surface area contributed by atoms with Gasteiger partial charge in [-0.15, -0.1) is 0 Å². The number of rotatable bonds is 3. The van der Waals surface area contributed by atoms with Crippen molar-refractivity contribution in [2.45, 2.75) is 38.8 Å². The van der Waals surface area contributed by atoms with Crippen LogP contribution in [0.25, 0.3) is 0 Å². The second-order valence-electron chi connectivity index (χ2n) is 5.45. The Morgan fingerprint density at radius 3 is 3.10 bits per heavy atom. The van der Waals surface area contributed by atoms with Gasteiger partial charge in [0.05, 0.1) is 18.3 Å². The molecule has 1 atom stereocenters. The third-order valence-corrected chi connectivity index (χ3v) is 3.60. The van der Waals surface area contributed by atoms with Gasteiger partial charge in [-0.05, 0) is 18.9 Å². The lowest BCUT2D eigenvalue weighted by Gasteiger charge is -2.24. The quantitative estimate of drug-likeness (QED) is 0.890. The number of carbonyl (C=O) groups is 1. The van der Waals surface area contributed by atoms with Crippen molar-refractivity contribution in [2.75, 3.05) is 0 Å². The van der Waals surface area contributed by atoms with E-state index in [4.69, 9.17) is 0 Å². The van der Waals surface area contributed by atoms with Crippen molar-refractivity contribution in [1.29, 1.82) is 0 Å². The minimum Gasteiger partial charge on any atom is -0.351 e. The predicted octanol–water partition coefficient (Wildman–Crippen LogP) is 0.599. The van der Waals surface area contributed by atoms with E-state index in [1.54, 1.807) is 10.9 Å². The molecular formula is C14H19N5O. The van der Waals surface area contributed by atoms with E-state index in [2.05, 4.69) is 26.2 Å². The number of nitrogens with one attached hydrogen (secondary N) is 1. The molecule has 0 aromatic carbocycles. The molecule has 0 bridgehead atoms. The molecule has 1 N–H and O–H groups in total. The molecule has 0 saturated heterocycles. The first-order chi connectivity index (χ1) is 9.60. The van der Waals surface area contributed by atoms with Gasteiger partial charge in [0, 0.05) is 38.4 Å². The van der Waals surface area contributed by atoms with Gasteiger partial charge in [0.2, 0.25) is 5.91 Å². The molecule has 1 aliphatic heterocycles. The number of amides is 1. The maximum atomic E-state index is 12.0. The Balaban J connectivity index is 1.57. The average molecular weight is 273 g/mol. The minimum atomic E-state index is 0.0586. The number of imidazole rings is 1. The highest BCUT2D eigenvalue weighted by Crippen LogP contribution is 2.15. The van der Waals surface area contributed by atoms with Crippen molar-refractivity contribution in [3.63, 3.8) is 0 Å². The van der Waals surface area contributed by atoms with E-state index < -0.39 is 0 Å². The molecule has 0 unspecified atom stereocenters. The molecule has 6 heteroatoms. The summed E-state index contributed by atoms with van der Waals surface area (Å²) in [6.45, 7) is 2.82. The van der Waals surface area contributed by atoms with Crippen LogP contribution in [-0.2, 0) is 31.2 Å². The summed E-state index contributed by atoms with van der Waals surface area (Å²) in [4.78, 5) is 16.5. The van der Waals surface area contributed by atoms with E-state index in [1.165, 1.54) is 0 Å². The van der Waals surface area contributed by atoms with Crippen LogP contribution in [0.5, 0.6) is 0 Å². The third kappa shape index (κ3) is 2.74. The molecule has 3 heterocycles. The number of aromatic nitrogens is 4. The standard InChI is InChI=1S/C14H19N5O/c1-10-7-19-9-12(3-4-13(19)16-10)17-14(20)5-11-6-15-18(2)8-11/h6-8,12H,3-5,9H2,1-2H3,(H,17,20)/t12-/m0/s1. The minimum absolute atomic E-state index is 0.0586. The summed E-state index contributed by atoms with van der Waals surface area (Å²) in [7, 11) is 1.85. The first-order valence-corrected chi connectivity index (χ1v) is 6.89. The summed E-state index contributed by atoms with van der Waals surface area (Å²) in [5, 5.41) is 7.18. The van der Waals surface area contributed by atoms with Crippen LogP contribution in [0.2, 0.25) is 0 Å². The third-order valence-electron chi connectivity index (χ3n) is 3.60. The molecule has 0 spiro atoms. The smallest absolute Gasteiger partial charge is 0.224 e. The SMILES string of the molecule is Cc1cn2c(n1)CC[C@H](NC(=O)Cc1cnn(C)c1)C2. The summed E-state index contributed by atoms with van der Waals surface area (Å²) in [6.07, 6.45) is 7.92. The number of hydrogen-bond acceptors (Lipinski definition) is 3. The van der Waals surface area contributed by atoms with Gasteiger partial charge in [0.25, 0.3) is 0 Å². The molecular weight excluding hydrogens is 254 g/mol. The van der Waals surface area contributed by atoms with E-state index in [0.717, 1.165) is 36.5 Å². The summed E-state index contributed by atoms with van der Waals surface area (Å²) < 4.78 is 3.86. The van der Waals surface area contributed by atoms with Gasteiger partial charge in [-0.2, -0.15) is 5.10 Å². The van der Waals surface area contributed by atoms with Gasteiger partial charge in [-0.3, -0.25) is 9.48 Å². The molecule has 2 aromatic rings. The largest absolute Gasteiger partial charge is 0.351 e. The Morgan fingerprint density at radius 1 is 1.50 bits per heavy atom. The van der Waals surface area contributed by atoms with Crippen molar-refractivity contribution in [3.05, 3.63) is 35.7 Å². The zero-order valence-corrected chi connectivity index (χ0v) is 11.8. The van der Waals surface area contributed by atoms with Crippen LogP contribution in [0.3, 0.4) is 0 Å². The number of aryl methyl sites for hydroxylation is 3. The van der Waals surface area contributed by atoms with Crippen LogP contribution in [0.1, 0.15) is 23.5 Å². The molecule has 1 amide bonds. The van der Waals surface area contributed by atoms with E-state index in [1.807, 2.05) is 20.2 Å². The van der Waals surface area contributed by atoms with Crippen LogP contribution < -0.4 is 5.32 Å². The van der Waals surface area contributed by atoms with Crippen LogP contribution >= 0.6 is 0 Å². The first kappa shape index (κ1) is 12.9. The van der Waals surface area contributed by atoms with Gasteiger partial charge >= 0.3 is 0 Å². The molecule has 2 aromatic heterocycles. The summed E-state index contributed by atoms with van der Waals surface area (Å²) in [6, 6.07) is 0.195. The van der Waals surface area contributed by atoms with Crippen LogP contribution in [0, 0.1) is 6.92 Å². The number of fused-ring (bicyclic) bond motifs is 1. The zero-order chi connectivity index (χ0) is 14.1. The molecule has 106 valence electrons. The lowest BCUT2D eigenvalue weighted by atomic mass is 10.1. The van der Waals surface area contributed by atoms with Gasteiger partial charge in [0.1, 0.15) is 5.82 Å². The van der Waals surface area contributed by atoms with Gasteiger partial charge in [-0.25, -0.2) is 4.98 Å². The van der Waals surface area contributed by atoms with Crippen LogP contribution in [0.4, 0.5) is 0 Å². The summed E-state index contributed by atoms with van der Waals surface area (Å²) in [5.41, 5.74) is 1.99. The number of hydrogen-bond donors (Lipinski definition) is 1. The predicted molar refractivity (Wildman–Crippen MR) is 74.1 cm³/mol. The van der Waals surface area contributed by atoms with Crippen molar-refractivity contribution in [1.82, 2.24) is 24.6 Å². The highest BCUT2D eigenvalue weighted by atomic mass is 16.1. The Labute approximate surface area is 117 Å². The second kappa shape index (κ2) is 5.11. The number of carbonyl (C=O) groups excluding carboxylic acids is 1. The Kier molecular flexibility index (Phi) is 3.30. The molecule has 1 aliphatic rings. The average Bonchev–Trinajstić information content (AvgIpc) is 2.93. The van der Waals surface area contributed by atoms with E-state index >= 15 is 0 Å². The fourth-order valence-corrected chi connectivity index (χ4v) is 2.73. The molecule has 3 rings (SSSR count). The fourth-order valence-electron chi connectivity index (χ4n) is 2.73. The van der Waals surface area contributed by atoms with Crippen molar-refractivity contribution >= 4 is 5.91 Å². The molecule has 0 saturated carbocycles. The van der Waals surface area contributed by atoms with Crippen LogP contribution in [-0.4, -0.2) is 31.3 Å². The second-order valence-corrected chi connectivity index (χ2v) is 5.45. The highest BCUT2D eigenvalue weighted by molar-refractivity contribution is 5.78. The van der Waals surface area contributed by atoms with E-state index in [-0.39, 0.29) is 11.9 Å². The van der Waals surface area contributed by atoms with Gasteiger partial charge in [-0.1, -0.05) is 0 Å². The summed E-state index contributed by atoms with van der Waals surface area (Å²) >= 11 is 0. The lowest BCUT2D eigenvalue weighted by molar-refractivity contribution is -0.121. The Bertz CT molecular complexity index is 627. The maximum absolute atomic E-state index is 12.0. The normalized spacial score (nSPS) is 17.8. The highest BCUT2D eigenvalue weighted by Gasteiger charge is 2.21. The van der Waals surface area contributed by atoms with Gasteiger partial charge < -0.3 is 9.88 Å². The topological polar surface area (TPSA) is 64.7 Å². The molecule has 6 nitrogen and oxygen atoms in total. The fraction of sp³-hybridized carbons (Fsp3) is 0.500. The van der Waals surface area contributed by atoms with Crippen LogP contribution in [0.15, 0.2) is 18.6 Å². The Hall–Kier alpha value is -2.11. The Morgan fingerprint density at radius 2 is 2.35 bits per heavy atom. The summed E-state index contributed by atoms with van der Waals surface area (Å²) in [5.74, 6) is 1.18. The molecule has 0 fully saturated rings.